The summed E-state index contributed by atoms with van der Waals surface area (Å²) in [5, 5.41) is 9.44. The minimum Gasteiger partial charge on any atom is -0.395 e. The molecule has 102 valence electrons. The van der Waals surface area contributed by atoms with Crippen LogP contribution in [0.25, 0.3) is 0 Å². The van der Waals surface area contributed by atoms with Crippen molar-refractivity contribution >= 4 is 0 Å². The number of rotatable bonds is 6. The van der Waals surface area contributed by atoms with Gasteiger partial charge >= 0.3 is 0 Å². The fourth-order valence-corrected chi connectivity index (χ4v) is 2.40. The van der Waals surface area contributed by atoms with Crippen LogP contribution in [-0.4, -0.2) is 29.2 Å². The molecule has 2 nitrogen and oxygen atoms in total. The van der Waals surface area contributed by atoms with Gasteiger partial charge in [0.15, 0.2) is 0 Å². The van der Waals surface area contributed by atoms with Gasteiger partial charge < -0.3 is 5.11 Å². The molecule has 0 radical (unpaired) electrons. The molecule has 0 fully saturated rings. The van der Waals surface area contributed by atoms with Crippen molar-refractivity contribution in [1.82, 2.24) is 4.90 Å². The summed E-state index contributed by atoms with van der Waals surface area (Å²) in [6.07, 6.45) is 9.81. The second-order valence-corrected chi connectivity index (χ2v) is 5.26. The molecule has 0 saturated heterocycles. The monoisotopic (exact) mass is 257 g/mol. The molecule has 0 heterocycles. The second-order valence-electron chi connectivity index (χ2n) is 5.26. The summed E-state index contributed by atoms with van der Waals surface area (Å²) in [4.78, 5) is 2.36. The molecular formula is C17H23NO. The third-order valence-electron chi connectivity index (χ3n) is 3.65. The third-order valence-corrected chi connectivity index (χ3v) is 3.65. The zero-order valence-electron chi connectivity index (χ0n) is 11.6. The van der Waals surface area contributed by atoms with Crippen molar-refractivity contribution < 1.29 is 5.11 Å². The Labute approximate surface area is 116 Å². The van der Waals surface area contributed by atoms with Crippen LogP contribution in [0, 0.1) is 5.92 Å². The molecule has 0 saturated carbocycles. The van der Waals surface area contributed by atoms with E-state index in [1.54, 1.807) is 0 Å². The standard InChI is InChI=1S/C17H23NO/c1-15(14-19)18(12-16-8-4-2-5-9-16)13-17-10-6-3-7-11-17/h2-10,15,17,19H,11-14H2,1H3/t15-,17?/m0/s1. The zero-order chi connectivity index (χ0) is 13.5. The number of allylic oxidation sites excluding steroid dienone is 3. The van der Waals surface area contributed by atoms with Crippen LogP contribution in [-0.2, 0) is 6.54 Å². The third kappa shape index (κ3) is 4.34. The van der Waals surface area contributed by atoms with E-state index in [-0.39, 0.29) is 12.6 Å². The van der Waals surface area contributed by atoms with Crippen LogP contribution >= 0.6 is 0 Å². The first-order valence-electron chi connectivity index (χ1n) is 7.01. The predicted molar refractivity (Wildman–Crippen MR) is 79.8 cm³/mol. The molecule has 2 heteroatoms. The summed E-state index contributed by atoms with van der Waals surface area (Å²) in [6.45, 7) is 4.19. The lowest BCUT2D eigenvalue weighted by Gasteiger charge is -2.31. The van der Waals surface area contributed by atoms with E-state index in [9.17, 15) is 5.11 Å². The van der Waals surface area contributed by atoms with Gasteiger partial charge in [-0.15, -0.1) is 0 Å². The molecule has 1 N–H and O–H groups in total. The average Bonchev–Trinajstić information content (AvgIpc) is 2.48. The van der Waals surface area contributed by atoms with Crippen LogP contribution in [0.4, 0.5) is 0 Å². The molecule has 1 aliphatic rings. The van der Waals surface area contributed by atoms with Crippen LogP contribution < -0.4 is 0 Å². The van der Waals surface area contributed by atoms with Gasteiger partial charge in [-0.3, -0.25) is 4.90 Å². The number of hydrogen-bond acceptors (Lipinski definition) is 2. The number of aliphatic hydroxyl groups excluding tert-OH is 1. The minimum atomic E-state index is 0.194. The highest BCUT2D eigenvalue weighted by molar-refractivity contribution is 5.15. The largest absolute Gasteiger partial charge is 0.395 e. The van der Waals surface area contributed by atoms with Gasteiger partial charge in [0, 0.05) is 19.1 Å². The van der Waals surface area contributed by atoms with Crippen molar-refractivity contribution in [2.24, 2.45) is 5.92 Å². The molecule has 0 aromatic heterocycles. The molecule has 0 spiro atoms. The first kappa shape index (κ1) is 14.0. The van der Waals surface area contributed by atoms with Crippen molar-refractivity contribution in [3.63, 3.8) is 0 Å². The fraction of sp³-hybridized carbons (Fsp3) is 0.412. The average molecular weight is 257 g/mol. The summed E-state index contributed by atoms with van der Waals surface area (Å²) < 4.78 is 0. The number of aliphatic hydroxyl groups is 1. The molecule has 2 atom stereocenters. The number of nitrogens with zero attached hydrogens (tertiary/aromatic N) is 1. The Balaban J connectivity index is 1.99. The lowest BCUT2D eigenvalue weighted by Crippen LogP contribution is -2.38. The van der Waals surface area contributed by atoms with E-state index in [0.717, 1.165) is 19.5 Å². The first-order valence-corrected chi connectivity index (χ1v) is 7.01. The Morgan fingerprint density at radius 2 is 2.05 bits per heavy atom. The fourth-order valence-electron chi connectivity index (χ4n) is 2.40. The van der Waals surface area contributed by atoms with E-state index in [0.29, 0.717) is 5.92 Å². The lowest BCUT2D eigenvalue weighted by atomic mass is 9.99. The van der Waals surface area contributed by atoms with Gasteiger partial charge in [0.1, 0.15) is 0 Å². The molecule has 1 aromatic rings. The van der Waals surface area contributed by atoms with Crippen molar-refractivity contribution in [2.75, 3.05) is 13.2 Å². The maximum atomic E-state index is 9.44. The Kier molecular flexibility index (Phi) is 5.37. The number of hydrogen-bond donors (Lipinski definition) is 1. The molecule has 2 rings (SSSR count). The molecule has 1 unspecified atom stereocenters. The van der Waals surface area contributed by atoms with Crippen LogP contribution in [0.5, 0.6) is 0 Å². The molecule has 0 amide bonds. The van der Waals surface area contributed by atoms with Gasteiger partial charge in [-0.2, -0.15) is 0 Å². The van der Waals surface area contributed by atoms with Crippen LogP contribution in [0.15, 0.2) is 54.6 Å². The van der Waals surface area contributed by atoms with E-state index >= 15 is 0 Å². The van der Waals surface area contributed by atoms with Gasteiger partial charge in [0.25, 0.3) is 0 Å². The van der Waals surface area contributed by atoms with E-state index in [2.05, 4.69) is 60.4 Å². The van der Waals surface area contributed by atoms with Gasteiger partial charge in [0.2, 0.25) is 0 Å². The van der Waals surface area contributed by atoms with Crippen molar-refractivity contribution in [3.05, 3.63) is 60.2 Å². The summed E-state index contributed by atoms with van der Waals surface area (Å²) in [7, 11) is 0. The molecule has 1 aromatic carbocycles. The second kappa shape index (κ2) is 7.27. The Morgan fingerprint density at radius 3 is 2.68 bits per heavy atom. The van der Waals surface area contributed by atoms with Crippen LogP contribution in [0.1, 0.15) is 18.9 Å². The minimum absolute atomic E-state index is 0.194. The lowest BCUT2D eigenvalue weighted by molar-refractivity contribution is 0.117. The summed E-state index contributed by atoms with van der Waals surface area (Å²) >= 11 is 0. The molecule has 0 aliphatic heterocycles. The van der Waals surface area contributed by atoms with Crippen LogP contribution in [0.3, 0.4) is 0 Å². The highest BCUT2D eigenvalue weighted by atomic mass is 16.3. The molecule has 19 heavy (non-hydrogen) atoms. The van der Waals surface area contributed by atoms with Crippen LogP contribution in [0.2, 0.25) is 0 Å². The van der Waals surface area contributed by atoms with Gasteiger partial charge in [-0.1, -0.05) is 54.6 Å². The highest BCUT2D eigenvalue weighted by Crippen LogP contribution is 2.17. The maximum absolute atomic E-state index is 9.44. The van der Waals surface area contributed by atoms with Gasteiger partial charge in [0.05, 0.1) is 6.61 Å². The predicted octanol–water partition coefficient (Wildman–Crippen LogP) is 3.00. The SMILES string of the molecule is C[C@@H](CO)N(Cc1ccccc1)CC1C=CC=CC1. The first-order chi connectivity index (χ1) is 9.29. The molecular weight excluding hydrogens is 234 g/mol. The van der Waals surface area contributed by atoms with Crippen molar-refractivity contribution in [2.45, 2.75) is 25.9 Å². The van der Waals surface area contributed by atoms with Crippen molar-refractivity contribution in [1.29, 1.82) is 0 Å². The quantitative estimate of drug-likeness (QED) is 0.847. The maximum Gasteiger partial charge on any atom is 0.0584 e. The van der Waals surface area contributed by atoms with Gasteiger partial charge in [-0.05, 0) is 24.8 Å². The zero-order valence-corrected chi connectivity index (χ0v) is 11.6. The van der Waals surface area contributed by atoms with Gasteiger partial charge in [-0.25, -0.2) is 0 Å². The van der Waals surface area contributed by atoms with Crippen molar-refractivity contribution in [3.8, 4) is 0 Å². The van der Waals surface area contributed by atoms with E-state index in [1.807, 2.05) is 6.07 Å². The topological polar surface area (TPSA) is 23.5 Å². The highest BCUT2D eigenvalue weighted by Gasteiger charge is 2.17. The Bertz CT molecular complexity index is 424. The Hall–Kier alpha value is -1.38. The summed E-state index contributed by atoms with van der Waals surface area (Å²) in [6, 6.07) is 10.7. The Morgan fingerprint density at radius 1 is 1.26 bits per heavy atom. The summed E-state index contributed by atoms with van der Waals surface area (Å²) in [5.74, 6) is 0.558. The van der Waals surface area contributed by atoms with E-state index < -0.39 is 0 Å². The summed E-state index contributed by atoms with van der Waals surface area (Å²) in [5.41, 5.74) is 1.30. The smallest absolute Gasteiger partial charge is 0.0584 e. The molecule has 0 bridgehead atoms. The van der Waals surface area contributed by atoms with E-state index in [1.165, 1.54) is 5.56 Å². The van der Waals surface area contributed by atoms with E-state index in [4.69, 9.17) is 0 Å². The number of benzene rings is 1. The normalized spacial score (nSPS) is 19.8. The molecule has 1 aliphatic carbocycles.